The summed E-state index contributed by atoms with van der Waals surface area (Å²) in [6, 6.07) is 18.0. The molecule has 162 valence electrons. The third-order valence-corrected chi connectivity index (χ3v) is 5.26. The average Bonchev–Trinajstić information content (AvgIpc) is 2.79. The van der Waals surface area contributed by atoms with Crippen LogP contribution in [-0.4, -0.2) is 13.0 Å². The second-order valence-corrected chi connectivity index (χ2v) is 7.81. The molecule has 0 unspecified atom stereocenters. The van der Waals surface area contributed by atoms with E-state index in [-0.39, 0.29) is 18.0 Å². The first-order valence-corrected chi connectivity index (χ1v) is 10.5. The number of nitrogens with zero attached hydrogens (tertiary/aromatic N) is 1. The predicted octanol–water partition coefficient (Wildman–Crippen LogP) is 6.37. The minimum Gasteiger partial charge on any atom is -0.493 e. The maximum atomic E-state index is 13.1. The molecule has 5 nitrogen and oxygen atoms in total. The predicted molar refractivity (Wildman–Crippen MR) is 125 cm³/mol. The second-order valence-electron chi connectivity index (χ2n) is 6.55. The molecular formula is C24H17BrClFN2O3. The number of carbonyl (C=O) groups excluding carboxylic acids is 1. The normalized spacial score (nSPS) is 10.9. The van der Waals surface area contributed by atoms with Crippen LogP contribution in [0.2, 0.25) is 5.02 Å². The molecule has 0 heterocycles. The molecule has 0 radical (unpaired) electrons. The van der Waals surface area contributed by atoms with Crippen molar-refractivity contribution >= 4 is 45.2 Å². The lowest BCUT2D eigenvalue weighted by Crippen LogP contribution is -2.13. The summed E-state index contributed by atoms with van der Waals surface area (Å²) >= 11 is 9.50. The van der Waals surface area contributed by atoms with Crippen molar-refractivity contribution in [2.75, 3.05) is 12.4 Å². The van der Waals surface area contributed by atoms with E-state index in [1.54, 1.807) is 48.5 Å². The molecule has 3 aromatic carbocycles. The molecule has 0 bridgehead atoms. The number of hydrogen-bond acceptors (Lipinski definition) is 4. The molecular weight excluding hydrogens is 499 g/mol. The Labute approximate surface area is 198 Å². The van der Waals surface area contributed by atoms with Crippen LogP contribution in [0.5, 0.6) is 11.5 Å². The van der Waals surface area contributed by atoms with E-state index in [2.05, 4.69) is 21.2 Å². The zero-order valence-corrected chi connectivity index (χ0v) is 19.2. The van der Waals surface area contributed by atoms with Crippen molar-refractivity contribution in [3.63, 3.8) is 0 Å². The van der Waals surface area contributed by atoms with E-state index in [0.717, 1.165) is 5.56 Å². The molecule has 3 aromatic rings. The van der Waals surface area contributed by atoms with Crippen LogP contribution in [0.15, 0.2) is 70.7 Å². The number of amides is 1. The van der Waals surface area contributed by atoms with E-state index in [1.807, 2.05) is 6.07 Å². The highest BCUT2D eigenvalue weighted by molar-refractivity contribution is 9.10. The number of rotatable bonds is 7. The summed E-state index contributed by atoms with van der Waals surface area (Å²) < 4.78 is 24.9. The van der Waals surface area contributed by atoms with Crippen LogP contribution >= 0.6 is 27.5 Å². The van der Waals surface area contributed by atoms with Gasteiger partial charge in [-0.3, -0.25) is 4.79 Å². The summed E-state index contributed by atoms with van der Waals surface area (Å²) in [5, 5.41) is 12.5. The lowest BCUT2D eigenvalue weighted by molar-refractivity contribution is -0.112. The molecule has 0 saturated carbocycles. The van der Waals surface area contributed by atoms with Gasteiger partial charge >= 0.3 is 0 Å². The van der Waals surface area contributed by atoms with E-state index >= 15 is 0 Å². The molecule has 0 spiro atoms. The van der Waals surface area contributed by atoms with Crippen LogP contribution in [0.4, 0.5) is 10.1 Å². The summed E-state index contributed by atoms with van der Waals surface area (Å²) in [4.78, 5) is 12.5. The van der Waals surface area contributed by atoms with Gasteiger partial charge in [0.25, 0.3) is 5.91 Å². The van der Waals surface area contributed by atoms with Gasteiger partial charge in [-0.2, -0.15) is 5.26 Å². The van der Waals surface area contributed by atoms with E-state index in [1.165, 1.54) is 25.3 Å². The van der Waals surface area contributed by atoms with Crippen molar-refractivity contribution in [2.24, 2.45) is 0 Å². The highest BCUT2D eigenvalue weighted by Crippen LogP contribution is 2.38. The molecule has 1 amide bonds. The van der Waals surface area contributed by atoms with E-state index in [9.17, 15) is 14.4 Å². The molecule has 8 heteroatoms. The molecule has 0 aliphatic heterocycles. The highest BCUT2D eigenvalue weighted by Gasteiger charge is 2.15. The van der Waals surface area contributed by atoms with Gasteiger partial charge in [0.2, 0.25) is 0 Å². The van der Waals surface area contributed by atoms with Crippen LogP contribution in [-0.2, 0) is 11.4 Å². The molecule has 0 aliphatic rings. The number of nitriles is 1. The third kappa shape index (κ3) is 5.88. The molecule has 0 atom stereocenters. The Hall–Kier alpha value is -3.34. The molecule has 1 N–H and O–H groups in total. The van der Waals surface area contributed by atoms with Crippen molar-refractivity contribution in [3.05, 3.63) is 92.7 Å². The van der Waals surface area contributed by atoms with Crippen LogP contribution < -0.4 is 14.8 Å². The topological polar surface area (TPSA) is 71.3 Å². The van der Waals surface area contributed by atoms with E-state index in [0.29, 0.717) is 32.2 Å². The molecule has 3 rings (SSSR count). The second kappa shape index (κ2) is 10.8. The molecule has 32 heavy (non-hydrogen) atoms. The maximum Gasteiger partial charge on any atom is 0.266 e. The minimum absolute atomic E-state index is 0.112. The van der Waals surface area contributed by atoms with Gasteiger partial charge in [0, 0.05) is 0 Å². The number of nitrogens with one attached hydrogen (secondary N) is 1. The van der Waals surface area contributed by atoms with Gasteiger partial charge in [0.05, 0.1) is 22.3 Å². The third-order valence-electron chi connectivity index (χ3n) is 4.35. The van der Waals surface area contributed by atoms with Gasteiger partial charge in [-0.05, 0) is 69.5 Å². The smallest absolute Gasteiger partial charge is 0.266 e. The van der Waals surface area contributed by atoms with Crippen LogP contribution in [0.1, 0.15) is 11.1 Å². The van der Waals surface area contributed by atoms with Crippen LogP contribution in [0.25, 0.3) is 6.08 Å². The number of halogens is 3. The van der Waals surface area contributed by atoms with Crippen molar-refractivity contribution in [1.82, 2.24) is 0 Å². The number of anilines is 1. The first-order chi connectivity index (χ1) is 15.4. The fourth-order valence-electron chi connectivity index (χ4n) is 2.77. The van der Waals surface area contributed by atoms with Gasteiger partial charge < -0.3 is 14.8 Å². The first-order valence-electron chi connectivity index (χ1n) is 9.33. The Morgan fingerprint density at radius 2 is 1.94 bits per heavy atom. The standard InChI is InChI=1S/C24H17BrClFN2O3/c1-31-22-12-16(10-17(13-28)24(30)29-21-5-3-2-4-20(21)26)11-19(25)23(22)32-14-15-6-8-18(27)9-7-15/h2-12H,14H2,1H3,(H,29,30)/b17-10+. The van der Waals surface area contributed by atoms with E-state index < -0.39 is 5.91 Å². The van der Waals surface area contributed by atoms with Gasteiger partial charge in [-0.15, -0.1) is 0 Å². The quantitative estimate of drug-likeness (QED) is 0.293. The molecule has 0 aromatic heterocycles. The number of benzene rings is 3. The lowest BCUT2D eigenvalue weighted by Gasteiger charge is -2.14. The summed E-state index contributed by atoms with van der Waals surface area (Å²) in [6.07, 6.45) is 1.43. The highest BCUT2D eigenvalue weighted by atomic mass is 79.9. The Kier molecular flexibility index (Phi) is 7.87. The zero-order chi connectivity index (χ0) is 23.1. The number of methoxy groups -OCH3 is 1. The van der Waals surface area contributed by atoms with Gasteiger partial charge in [0.1, 0.15) is 24.1 Å². The van der Waals surface area contributed by atoms with Crippen LogP contribution in [0, 0.1) is 17.1 Å². The summed E-state index contributed by atoms with van der Waals surface area (Å²) in [5.74, 6) is -0.0765. The summed E-state index contributed by atoms with van der Waals surface area (Å²) in [5.41, 5.74) is 1.63. The Morgan fingerprint density at radius 3 is 2.59 bits per heavy atom. The largest absolute Gasteiger partial charge is 0.493 e. The average molecular weight is 516 g/mol. The maximum absolute atomic E-state index is 13.1. The minimum atomic E-state index is -0.590. The SMILES string of the molecule is COc1cc(/C=C(\C#N)C(=O)Nc2ccccc2Cl)cc(Br)c1OCc1ccc(F)cc1. The lowest BCUT2D eigenvalue weighted by atomic mass is 10.1. The zero-order valence-electron chi connectivity index (χ0n) is 16.9. The Morgan fingerprint density at radius 1 is 1.22 bits per heavy atom. The van der Waals surface area contributed by atoms with Crippen molar-refractivity contribution in [3.8, 4) is 17.6 Å². The van der Waals surface area contributed by atoms with Crippen LogP contribution in [0.3, 0.4) is 0 Å². The fraction of sp³-hybridized carbons (Fsp3) is 0.0833. The Bertz CT molecular complexity index is 1210. The number of para-hydroxylation sites is 1. The summed E-state index contributed by atoms with van der Waals surface area (Å²) in [7, 11) is 1.48. The van der Waals surface area contributed by atoms with Gasteiger partial charge in [-0.1, -0.05) is 35.9 Å². The molecule has 0 aliphatic carbocycles. The number of hydrogen-bond donors (Lipinski definition) is 1. The van der Waals surface area contributed by atoms with Crippen molar-refractivity contribution in [1.29, 1.82) is 5.26 Å². The van der Waals surface area contributed by atoms with Gasteiger partial charge in [0.15, 0.2) is 11.5 Å². The molecule has 0 saturated heterocycles. The van der Waals surface area contributed by atoms with Gasteiger partial charge in [-0.25, -0.2) is 4.39 Å². The monoisotopic (exact) mass is 514 g/mol. The fourth-order valence-corrected chi connectivity index (χ4v) is 3.52. The Balaban J connectivity index is 1.82. The number of carbonyl (C=O) groups is 1. The molecule has 0 fully saturated rings. The number of ether oxygens (including phenoxy) is 2. The summed E-state index contributed by atoms with van der Waals surface area (Å²) in [6.45, 7) is 0.202. The van der Waals surface area contributed by atoms with Crippen molar-refractivity contribution < 1.29 is 18.7 Å². The van der Waals surface area contributed by atoms with E-state index in [4.69, 9.17) is 21.1 Å². The first kappa shape index (κ1) is 23.3. The van der Waals surface area contributed by atoms with Crippen molar-refractivity contribution in [2.45, 2.75) is 6.61 Å².